The summed E-state index contributed by atoms with van der Waals surface area (Å²) in [5.74, 6) is -0.103. The standard InChI is InChI=1S/C25H52NO7P/c1-2-3-4-5-6-7-8-9-10-11-12-13-14-15-16-17-18-19-25(29)26-20-21-32-34(30,31)33-23-24(28)22-27/h24,27-28H,2-23H2,1H3,(H,26,29)(H,30,31)/t24-/m1/s1. The first-order chi connectivity index (χ1) is 16.4. The summed E-state index contributed by atoms with van der Waals surface area (Å²) in [5.41, 5.74) is 0. The normalized spacial score (nSPS) is 14.1. The summed E-state index contributed by atoms with van der Waals surface area (Å²) in [6.45, 7) is 1.12. The topological polar surface area (TPSA) is 125 Å². The highest BCUT2D eigenvalue weighted by atomic mass is 31.2. The van der Waals surface area contributed by atoms with Crippen molar-refractivity contribution in [2.75, 3.05) is 26.4 Å². The van der Waals surface area contributed by atoms with E-state index < -0.39 is 27.1 Å². The van der Waals surface area contributed by atoms with E-state index in [0.717, 1.165) is 19.3 Å². The van der Waals surface area contributed by atoms with E-state index >= 15 is 0 Å². The molecular weight excluding hydrogens is 457 g/mol. The summed E-state index contributed by atoms with van der Waals surface area (Å²) >= 11 is 0. The van der Waals surface area contributed by atoms with E-state index in [1.165, 1.54) is 89.9 Å². The largest absolute Gasteiger partial charge is 0.472 e. The molecule has 1 amide bonds. The van der Waals surface area contributed by atoms with Crippen molar-refractivity contribution in [2.24, 2.45) is 0 Å². The number of phosphoric acid groups is 1. The molecule has 9 heteroatoms. The van der Waals surface area contributed by atoms with Gasteiger partial charge < -0.3 is 20.4 Å². The third-order valence-corrected chi connectivity index (χ3v) is 6.81. The van der Waals surface area contributed by atoms with Gasteiger partial charge in [-0.25, -0.2) is 4.57 Å². The minimum atomic E-state index is -4.30. The maximum Gasteiger partial charge on any atom is 0.472 e. The molecule has 0 fully saturated rings. The number of rotatable bonds is 26. The number of hydrogen-bond acceptors (Lipinski definition) is 6. The monoisotopic (exact) mass is 509 g/mol. The van der Waals surface area contributed by atoms with Crippen LogP contribution < -0.4 is 5.32 Å². The molecule has 0 saturated carbocycles. The van der Waals surface area contributed by atoms with Gasteiger partial charge in [-0.15, -0.1) is 0 Å². The fourth-order valence-corrected chi connectivity index (χ4v) is 4.48. The smallest absolute Gasteiger partial charge is 0.394 e. The van der Waals surface area contributed by atoms with E-state index in [2.05, 4.69) is 16.8 Å². The van der Waals surface area contributed by atoms with Crippen molar-refractivity contribution in [1.29, 1.82) is 0 Å². The van der Waals surface area contributed by atoms with E-state index in [1.54, 1.807) is 0 Å². The molecule has 34 heavy (non-hydrogen) atoms. The molecule has 0 aliphatic carbocycles. The van der Waals surface area contributed by atoms with Crippen LogP contribution >= 0.6 is 7.82 Å². The number of carbonyl (C=O) groups excluding carboxylic acids is 1. The predicted octanol–water partition coefficient (Wildman–Crippen LogP) is 5.63. The Morgan fingerprint density at radius 1 is 0.794 bits per heavy atom. The molecule has 8 nitrogen and oxygen atoms in total. The first-order valence-corrected chi connectivity index (χ1v) is 15.1. The lowest BCUT2D eigenvalue weighted by molar-refractivity contribution is -0.121. The van der Waals surface area contributed by atoms with Crippen molar-refractivity contribution < 1.29 is 33.5 Å². The molecule has 1 unspecified atom stereocenters. The van der Waals surface area contributed by atoms with Gasteiger partial charge >= 0.3 is 7.82 Å². The number of hydrogen-bond donors (Lipinski definition) is 4. The second-order valence-corrected chi connectivity index (χ2v) is 10.6. The third kappa shape index (κ3) is 24.6. The van der Waals surface area contributed by atoms with Crippen LogP contribution in [0.1, 0.15) is 122 Å². The molecular formula is C25H52NO7P. The molecule has 2 atom stereocenters. The molecule has 4 N–H and O–H groups in total. The SMILES string of the molecule is CCCCCCCCCCCCCCCCCCCC(=O)NCCOP(=O)(O)OC[C@H](O)CO. The molecule has 0 heterocycles. The number of phosphoric ester groups is 1. The fraction of sp³-hybridized carbons (Fsp3) is 0.960. The highest BCUT2D eigenvalue weighted by molar-refractivity contribution is 7.47. The maximum atomic E-state index is 11.8. The lowest BCUT2D eigenvalue weighted by atomic mass is 10.0. The van der Waals surface area contributed by atoms with E-state index in [4.69, 9.17) is 14.7 Å². The van der Waals surface area contributed by atoms with Gasteiger partial charge in [-0.3, -0.25) is 13.8 Å². The van der Waals surface area contributed by atoms with Crippen LogP contribution in [-0.4, -0.2) is 53.5 Å². The molecule has 0 saturated heterocycles. The molecule has 0 aromatic rings. The Morgan fingerprint density at radius 3 is 1.68 bits per heavy atom. The van der Waals surface area contributed by atoms with Crippen LogP contribution in [-0.2, 0) is 18.4 Å². The Morgan fingerprint density at radius 2 is 1.24 bits per heavy atom. The Bertz CT molecular complexity index is 508. The molecule has 0 spiro atoms. The zero-order valence-electron chi connectivity index (χ0n) is 21.6. The lowest BCUT2D eigenvalue weighted by Gasteiger charge is -2.14. The summed E-state index contributed by atoms with van der Waals surface area (Å²) in [7, 11) is -4.30. The van der Waals surface area contributed by atoms with Crippen molar-refractivity contribution in [3.63, 3.8) is 0 Å². The zero-order valence-corrected chi connectivity index (χ0v) is 22.4. The summed E-state index contributed by atoms with van der Waals surface area (Å²) in [6, 6.07) is 0. The minimum Gasteiger partial charge on any atom is -0.394 e. The highest BCUT2D eigenvalue weighted by Gasteiger charge is 2.22. The number of aliphatic hydroxyl groups excluding tert-OH is 2. The van der Waals surface area contributed by atoms with Crippen molar-refractivity contribution in [2.45, 2.75) is 129 Å². The predicted molar refractivity (Wildman–Crippen MR) is 137 cm³/mol. The van der Waals surface area contributed by atoms with Crippen molar-refractivity contribution in [1.82, 2.24) is 5.32 Å². The van der Waals surface area contributed by atoms with Crippen LogP contribution in [0.25, 0.3) is 0 Å². The summed E-state index contributed by atoms with van der Waals surface area (Å²) in [4.78, 5) is 21.2. The van der Waals surface area contributed by atoms with Crippen molar-refractivity contribution in [3.05, 3.63) is 0 Å². The van der Waals surface area contributed by atoms with Crippen LogP contribution in [0, 0.1) is 0 Å². The van der Waals surface area contributed by atoms with Gasteiger partial charge in [-0.05, 0) is 6.42 Å². The van der Waals surface area contributed by atoms with Crippen LogP contribution in [0.4, 0.5) is 0 Å². The molecule has 0 rings (SSSR count). The van der Waals surface area contributed by atoms with Crippen LogP contribution in [0.15, 0.2) is 0 Å². The number of carbonyl (C=O) groups is 1. The second kappa shape index (κ2) is 24.2. The molecule has 0 aromatic carbocycles. The quantitative estimate of drug-likeness (QED) is 0.0879. The van der Waals surface area contributed by atoms with Crippen LogP contribution in [0.3, 0.4) is 0 Å². The zero-order chi connectivity index (χ0) is 25.3. The number of aliphatic hydroxyl groups is 2. The summed E-state index contributed by atoms with van der Waals surface area (Å²) in [5, 5.41) is 20.4. The van der Waals surface area contributed by atoms with E-state index in [-0.39, 0.29) is 19.1 Å². The molecule has 0 aromatic heterocycles. The van der Waals surface area contributed by atoms with Gasteiger partial charge in [0.05, 0.1) is 19.8 Å². The van der Waals surface area contributed by atoms with E-state index in [0.29, 0.717) is 6.42 Å². The van der Waals surface area contributed by atoms with Crippen molar-refractivity contribution >= 4 is 13.7 Å². The molecule has 0 aliphatic heterocycles. The highest BCUT2D eigenvalue weighted by Crippen LogP contribution is 2.42. The van der Waals surface area contributed by atoms with Gasteiger partial charge in [0, 0.05) is 13.0 Å². The van der Waals surface area contributed by atoms with Gasteiger partial charge in [0.1, 0.15) is 6.10 Å². The average molecular weight is 510 g/mol. The first-order valence-electron chi connectivity index (χ1n) is 13.6. The van der Waals surface area contributed by atoms with Gasteiger partial charge in [0.25, 0.3) is 0 Å². The van der Waals surface area contributed by atoms with Crippen LogP contribution in [0.2, 0.25) is 0 Å². The van der Waals surface area contributed by atoms with Crippen LogP contribution in [0.5, 0.6) is 0 Å². The molecule has 0 bridgehead atoms. The molecule has 0 radical (unpaired) electrons. The van der Waals surface area contributed by atoms with E-state index in [1.807, 2.05) is 0 Å². The number of unbranched alkanes of at least 4 members (excludes halogenated alkanes) is 16. The minimum absolute atomic E-state index is 0.103. The van der Waals surface area contributed by atoms with Gasteiger partial charge in [-0.2, -0.15) is 0 Å². The third-order valence-electron chi connectivity index (χ3n) is 5.83. The fourth-order valence-electron chi connectivity index (χ4n) is 3.72. The second-order valence-electron chi connectivity index (χ2n) is 9.19. The molecule has 0 aliphatic rings. The average Bonchev–Trinajstić information content (AvgIpc) is 2.82. The number of amides is 1. The number of nitrogens with one attached hydrogen (secondary N) is 1. The Labute approximate surface area is 207 Å². The maximum absolute atomic E-state index is 11.8. The Balaban J connectivity index is 3.34. The van der Waals surface area contributed by atoms with Gasteiger partial charge in [0.15, 0.2) is 0 Å². The summed E-state index contributed by atoms with van der Waals surface area (Å²) < 4.78 is 20.7. The van der Waals surface area contributed by atoms with Gasteiger partial charge in [-0.1, -0.05) is 110 Å². The van der Waals surface area contributed by atoms with Crippen molar-refractivity contribution in [3.8, 4) is 0 Å². The Kier molecular flexibility index (Phi) is 23.8. The van der Waals surface area contributed by atoms with Gasteiger partial charge in [0.2, 0.25) is 5.91 Å². The van der Waals surface area contributed by atoms with E-state index in [9.17, 15) is 14.3 Å². The lowest BCUT2D eigenvalue weighted by Crippen LogP contribution is -2.27. The Hall–Kier alpha value is -0.500. The summed E-state index contributed by atoms with van der Waals surface area (Å²) in [6.07, 6.45) is 21.3. The molecule has 204 valence electrons. The first kappa shape index (κ1) is 33.5.